The van der Waals surface area contributed by atoms with Crippen LogP contribution in [0.4, 0.5) is 0 Å². The number of aryl methyl sites for hydroxylation is 1. The number of hydrogen-bond donors (Lipinski definition) is 2. The number of aromatic amines is 2. The van der Waals surface area contributed by atoms with Gasteiger partial charge >= 0.3 is 0 Å². The fraction of sp³-hybridized carbons (Fsp3) is 0.435. The first-order valence-electron chi connectivity index (χ1n) is 10.8. The SMILES string of the molecule is CC(C)c1c(-c2cn[nH]c2)[nH]c2ccc(C3CCN(Cc4ncn(C)n4)CC3)cc12. The van der Waals surface area contributed by atoms with E-state index < -0.39 is 0 Å². The highest BCUT2D eigenvalue weighted by atomic mass is 15.3. The number of piperidine rings is 1. The van der Waals surface area contributed by atoms with E-state index in [9.17, 15) is 0 Å². The Balaban J connectivity index is 1.37. The molecule has 1 aromatic carbocycles. The third kappa shape index (κ3) is 3.54. The third-order valence-electron chi connectivity index (χ3n) is 6.30. The molecule has 30 heavy (non-hydrogen) atoms. The van der Waals surface area contributed by atoms with Crippen LogP contribution in [0.15, 0.2) is 36.9 Å². The van der Waals surface area contributed by atoms with E-state index >= 15 is 0 Å². The van der Waals surface area contributed by atoms with Gasteiger partial charge in [0.25, 0.3) is 0 Å². The van der Waals surface area contributed by atoms with Gasteiger partial charge in [-0.3, -0.25) is 14.7 Å². The lowest BCUT2D eigenvalue weighted by atomic mass is 9.87. The molecule has 3 aromatic heterocycles. The number of fused-ring (bicyclic) bond motifs is 1. The molecule has 0 atom stereocenters. The molecule has 7 heteroatoms. The average molecular weight is 404 g/mol. The lowest BCUT2D eigenvalue weighted by Crippen LogP contribution is -2.32. The molecular weight excluding hydrogens is 374 g/mol. The number of likely N-dealkylation sites (tertiary alicyclic amines) is 1. The Kier molecular flexibility index (Phi) is 4.90. The summed E-state index contributed by atoms with van der Waals surface area (Å²) in [7, 11) is 1.92. The van der Waals surface area contributed by atoms with Gasteiger partial charge in [-0.25, -0.2) is 4.98 Å². The van der Waals surface area contributed by atoms with Crippen LogP contribution < -0.4 is 0 Å². The van der Waals surface area contributed by atoms with Gasteiger partial charge < -0.3 is 4.98 Å². The molecule has 4 aromatic rings. The number of aromatic nitrogens is 6. The molecule has 2 N–H and O–H groups in total. The van der Waals surface area contributed by atoms with Gasteiger partial charge in [0.15, 0.2) is 5.82 Å². The van der Waals surface area contributed by atoms with Crippen molar-refractivity contribution in [2.45, 2.75) is 45.1 Å². The van der Waals surface area contributed by atoms with Crippen LogP contribution in [-0.2, 0) is 13.6 Å². The minimum atomic E-state index is 0.437. The summed E-state index contributed by atoms with van der Waals surface area (Å²) in [6.45, 7) is 7.55. The monoisotopic (exact) mass is 403 g/mol. The van der Waals surface area contributed by atoms with Gasteiger partial charge in [0.2, 0.25) is 0 Å². The van der Waals surface area contributed by atoms with E-state index in [1.807, 2.05) is 19.4 Å². The Hall–Kier alpha value is -2.93. The van der Waals surface area contributed by atoms with Crippen LogP contribution in [0.25, 0.3) is 22.2 Å². The summed E-state index contributed by atoms with van der Waals surface area (Å²) in [5.74, 6) is 1.96. The van der Waals surface area contributed by atoms with Crippen LogP contribution in [-0.4, -0.2) is 47.9 Å². The van der Waals surface area contributed by atoms with Crippen molar-refractivity contribution < 1.29 is 0 Å². The number of benzene rings is 1. The van der Waals surface area contributed by atoms with Crippen molar-refractivity contribution in [3.63, 3.8) is 0 Å². The summed E-state index contributed by atoms with van der Waals surface area (Å²) in [4.78, 5) is 10.5. The molecular formula is C23H29N7. The molecule has 1 aliphatic heterocycles. The lowest BCUT2D eigenvalue weighted by Gasteiger charge is -2.31. The van der Waals surface area contributed by atoms with E-state index in [0.29, 0.717) is 11.8 Å². The maximum absolute atomic E-state index is 4.42. The Morgan fingerprint density at radius 2 is 2.03 bits per heavy atom. The van der Waals surface area contributed by atoms with Gasteiger partial charge in [-0.05, 0) is 61.0 Å². The van der Waals surface area contributed by atoms with Crippen LogP contribution in [0.1, 0.15) is 55.5 Å². The minimum absolute atomic E-state index is 0.437. The van der Waals surface area contributed by atoms with Crippen LogP contribution in [0.2, 0.25) is 0 Å². The molecule has 0 radical (unpaired) electrons. The number of rotatable bonds is 5. The van der Waals surface area contributed by atoms with E-state index in [0.717, 1.165) is 31.0 Å². The molecule has 5 rings (SSSR count). The van der Waals surface area contributed by atoms with Gasteiger partial charge in [-0.1, -0.05) is 19.9 Å². The van der Waals surface area contributed by atoms with Crippen molar-refractivity contribution in [3.05, 3.63) is 53.9 Å². The summed E-state index contributed by atoms with van der Waals surface area (Å²) >= 11 is 0. The second-order valence-corrected chi connectivity index (χ2v) is 8.75. The summed E-state index contributed by atoms with van der Waals surface area (Å²) in [5, 5.41) is 12.8. The van der Waals surface area contributed by atoms with E-state index in [2.05, 4.69) is 62.2 Å². The molecule has 4 heterocycles. The fourth-order valence-corrected chi connectivity index (χ4v) is 4.78. The normalized spacial score (nSPS) is 16.1. The number of nitrogens with one attached hydrogen (secondary N) is 2. The van der Waals surface area contributed by atoms with Gasteiger partial charge in [0.05, 0.1) is 18.4 Å². The molecule has 0 saturated carbocycles. The predicted octanol–water partition coefficient (Wildman–Crippen LogP) is 4.19. The van der Waals surface area contributed by atoms with Crippen molar-refractivity contribution in [1.29, 1.82) is 0 Å². The fourth-order valence-electron chi connectivity index (χ4n) is 4.78. The largest absolute Gasteiger partial charge is 0.354 e. The molecule has 0 aliphatic carbocycles. The second kappa shape index (κ2) is 7.72. The predicted molar refractivity (Wildman–Crippen MR) is 118 cm³/mol. The van der Waals surface area contributed by atoms with Crippen molar-refractivity contribution >= 4 is 10.9 Å². The van der Waals surface area contributed by atoms with E-state index in [1.54, 1.807) is 11.0 Å². The molecule has 1 fully saturated rings. The van der Waals surface area contributed by atoms with Crippen LogP contribution in [0.3, 0.4) is 0 Å². The highest BCUT2D eigenvalue weighted by Gasteiger charge is 2.23. The standard InChI is InChI=1S/C23H29N7/c1-15(2)22-19-10-17(4-5-20(19)27-23(22)18-11-25-26-12-18)16-6-8-30(9-7-16)13-21-24-14-29(3)28-21/h4-5,10-12,14-16,27H,6-9,13H2,1-3H3,(H,25,26). The maximum Gasteiger partial charge on any atom is 0.164 e. The molecule has 0 amide bonds. The Bertz CT molecular complexity index is 1130. The molecule has 0 bridgehead atoms. The first-order chi connectivity index (χ1) is 14.6. The maximum atomic E-state index is 4.42. The van der Waals surface area contributed by atoms with Crippen molar-refractivity contribution in [1.82, 2.24) is 34.8 Å². The minimum Gasteiger partial charge on any atom is -0.354 e. The van der Waals surface area contributed by atoms with Crippen LogP contribution in [0.5, 0.6) is 0 Å². The van der Waals surface area contributed by atoms with Gasteiger partial charge in [-0.2, -0.15) is 10.2 Å². The Labute approximate surface area is 176 Å². The molecule has 156 valence electrons. The van der Waals surface area contributed by atoms with E-state index in [-0.39, 0.29) is 0 Å². The van der Waals surface area contributed by atoms with Crippen molar-refractivity contribution in [3.8, 4) is 11.3 Å². The molecule has 0 spiro atoms. The average Bonchev–Trinajstić information content (AvgIpc) is 3.47. The van der Waals surface area contributed by atoms with E-state index in [4.69, 9.17) is 0 Å². The molecule has 1 saturated heterocycles. The Morgan fingerprint density at radius 1 is 1.20 bits per heavy atom. The van der Waals surface area contributed by atoms with Crippen LogP contribution >= 0.6 is 0 Å². The Morgan fingerprint density at radius 3 is 2.70 bits per heavy atom. The van der Waals surface area contributed by atoms with Crippen molar-refractivity contribution in [2.75, 3.05) is 13.1 Å². The molecule has 0 unspecified atom stereocenters. The summed E-state index contributed by atoms with van der Waals surface area (Å²) in [6, 6.07) is 6.98. The second-order valence-electron chi connectivity index (χ2n) is 8.75. The zero-order valence-corrected chi connectivity index (χ0v) is 17.9. The third-order valence-corrected chi connectivity index (χ3v) is 6.30. The number of nitrogens with zero attached hydrogens (tertiary/aromatic N) is 5. The summed E-state index contributed by atoms with van der Waals surface area (Å²) in [6.07, 6.45) is 7.98. The zero-order chi connectivity index (χ0) is 20.7. The quantitative estimate of drug-likeness (QED) is 0.524. The first-order valence-corrected chi connectivity index (χ1v) is 10.8. The number of H-pyrrole nitrogens is 2. The molecule has 7 nitrogen and oxygen atoms in total. The highest BCUT2D eigenvalue weighted by Crippen LogP contribution is 2.38. The lowest BCUT2D eigenvalue weighted by molar-refractivity contribution is 0.200. The highest BCUT2D eigenvalue weighted by molar-refractivity contribution is 5.91. The number of hydrogen-bond acceptors (Lipinski definition) is 4. The van der Waals surface area contributed by atoms with E-state index in [1.165, 1.54) is 40.6 Å². The smallest absolute Gasteiger partial charge is 0.164 e. The van der Waals surface area contributed by atoms with Gasteiger partial charge in [-0.15, -0.1) is 0 Å². The summed E-state index contributed by atoms with van der Waals surface area (Å²) in [5.41, 5.74) is 6.35. The topological polar surface area (TPSA) is 78.4 Å². The van der Waals surface area contributed by atoms with Gasteiger partial charge in [0, 0.05) is 29.7 Å². The van der Waals surface area contributed by atoms with Crippen LogP contribution in [0, 0.1) is 0 Å². The van der Waals surface area contributed by atoms with Gasteiger partial charge in [0.1, 0.15) is 6.33 Å². The summed E-state index contributed by atoms with van der Waals surface area (Å²) < 4.78 is 1.78. The molecule has 1 aliphatic rings. The van der Waals surface area contributed by atoms with Crippen molar-refractivity contribution in [2.24, 2.45) is 7.05 Å². The first kappa shape index (κ1) is 19.1. The zero-order valence-electron chi connectivity index (χ0n) is 17.9.